The topological polar surface area (TPSA) is 42.2 Å². The fraction of sp³-hybridized carbons (Fsp3) is 0.583. The lowest BCUT2D eigenvalue weighted by molar-refractivity contribution is 0.830. The molecule has 1 aromatic heterocycles. The lowest BCUT2D eigenvalue weighted by atomic mass is 10.1. The number of aromatic nitrogens is 1. The van der Waals surface area contributed by atoms with E-state index in [9.17, 15) is 0 Å². The Hall–Kier alpha value is -1.09. The summed E-state index contributed by atoms with van der Waals surface area (Å²) in [6.45, 7) is 6.01. The van der Waals surface area contributed by atoms with Crippen LogP contribution in [-0.2, 0) is 6.42 Å². The third-order valence-electron chi connectivity index (χ3n) is 2.46. The van der Waals surface area contributed by atoms with E-state index in [0.29, 0.717) is 6.54 Å². The highest BCUT2D eigenvalue weighted by Gasteiger charge is 2.05. The van der Waals surface area contributed by atoms with Crippen molar-refractivity contribution >= 4 is 5.82 Å². The molecule has 1 heterocycles. The molecule has 0 spiro atoms. The zero-order valence-corrected chi connectivity index (χ0v) is 9.95. The fourth-order valence-electron chi connectivity index (χ4n) is 1.77. The molecule has 2 N–H and O–H groups in total. The molecule has 0 fully saturated rings. The summed E-state index contributed by atoms with van der Waals surface area (Å²) in [7, 11) is 2.08. The van der Waals surface area contributed by atoms with E-state index in [1.54, 1.807) is 0 Å². The third kappa shape index (κ3) is 3.20. The van der Waals surface area contributed by atoms with Crippen LogP contribution in [0.25, 0.3) is 0 Å². The van der Waals surface area contributed by atoms with Crippen molar-refractivity contribution in [1.29, 1.82) is 0 Å². The summed E-state index contributed by atoms with van der Waals surface area (Å²) in [6.07, 6.45) is 3.98. The lowest BCUT2D eigenvalue weighted by Crippen LogP contribution is -2.20. The maximum Gasteiger partial charge on any atom is 0.131 e. The van der Waals surface area contributed by atoms with E-state index in [1.165, 1.54) is 11.1 Å². The van der Waals surface area contributed by atoms with Crippen molar-refractivity contribution in [2.45, 2.75) is 26.7 Å². The van der Waals surface area contributed by atoms with E-state index in [0.717, 1.165) is 25.2 Å². The minimum atomic E-state index is 0.686. The van der Waals surface area contributed by atoms with Crippen molar-refractivity contribution in [2.24, 2.45) is 5.73 Å². The molecule has 1 aromatic rings. The highest BCUT2D eigenvalue weighted by molar-refractivity contribution is 5.46. The summed E-state index contributed by atoms with van der Waals surface area (Å²) in [6, 6.07) is 2.18. The Kier molecular flexibility index (Phi) is 4.56. The van der Waals surface area contributed by atoms with Gasteiger partial charge in [0, 0.05) is 19.8 Å². The van der Waals surface area contributed by atoms with Gasteiger partial charge in [-0.05, 0) is 37.4 Å². The van der Waals surface area contributed by atoms with Gasteiger partial charge in [0.05, 0.1) is 0 Å². The van der Waals surface area contributed by atoms with Crippen LogP contribution in [0.15, 0.2) is 12.3 Å². The minimum Gasteiger partial charge on any atom is -0.359 e. The van der Waals surface area contributed by atoms with Crippen molar-refractivity contribution in [3.8, 4) is 0 Å². The lowest BCUT2D eigenvalue weighted by Gasteiger charge is -2.19. The van der Waals surface area contributed by atoms with Gasteiger partial charge in [0.2, 0.25) is 0 Å². The number of hydrogen-bond acceptors (Lipinski definition) is 3. The molecule has 0 amide bonds. The summed E-state index contributed by atoms with van der Waals surface area (Å²) < 4.78 is 0. The van der Waals surface area contributed by atoms with Crippen LogP contribution < -0.4 is 10.6 Å². The van der Waals surface area contributed by atoms with Crippen LogP contribution in [0.5, 0.6) is 0 Å². The molecule has 0 radical (unpaired) electrons. The van der Waals surface area contributed by atoms with E-state index in [4.69, 9.17) is 5.73 Å². The van der Waals surface area contributed by atoms with Gasteiger partial charge < -0.3 is 10.6 Å². The Morgan fingerprint density at radius 2 is 2.20 bits per heavy atom. The molecule has 84 valence electrons. The molecule has 15 heavy (non-hydrogen) atoms. The van der Waals surface area contributed by atoms with Gasteiger partial charge in [-0.15, -0.1) is 0 Å². The number of hydrogen-bond donors (Lipinski definition) is 1. The first kappa shape index (κ1) is 12.0. The molecular weight excluding hydrogens is 186 g/mol. The number of anilines is 1. The van der Waals surface area contributed by atoms with E-state index in [2.05, 4.69) is 36.8 Å². The second kappa shape index (κ2) is 5.71. The van der Waals surface area contributed by atoms with Gasteiger partial charge in [-0.1, -0.05) is 13.0 Å². The summed E-state index contributed by atoms with van der Waals surface area (Å²) in [5.74, 6) is 1.08. The van der Waals surface area contributed by atoms with E-state index < -0.39 is 0 Å². The minimum absolute atomic E-state index is 0.686. The summed E-state index contributed by atoms with van der Waals surface area (Å²) in [5, 5.41) is 0. The van der Waals surface area contributed by atoms with Gasteiger partial charge in [-0.3, -0.25) is 0 Å². The molecule has 0 atom stereocenters. The largest absolute Gasteiger partial charge is 0.359 e. The van der Waals surface area contributed by atoms with E-state index in [-0.39, 0.29) is 0 Å². The second-order valence-corrected chi connectivity index (χ2v) is 3.94. The average molecular weight is 207 g/mol. The molecule has 3 heteroatoms. The van der Waals surface area contributed by atoms with Crippen LogP contribution in [0, 0.1) is 6.92 Å². The Balaban J connectivity index is 2.82. The predicted octanol–water partition coefficient (Wildman–Crippen LogP) is 1.74. The summed E-state index contributed by atoms with van der Waals surface area (Å²) in [4.78, 5) is 6.68. The van der Waals surface area contributed by atoms with E-state index >= 15 is 0 Å². The molecule has 1 rings (SSSR count). The van der Waals surface area contributed by atoms with Crippen LogP contribution >= 0.6 is 0 Å². The molecule has 0 unspecified atom stereocenters. The smallest absolute Gasteiger partial charge is 0.131 e. The zero-order chi connectivity index (χ0) is 11.3. The fourth-order valence-corrected chi connectivity index (χ4v) is 1.77. The first-order valence-corrected chi connectivity index (χ1v) is 5.55. The Morgan fingerprint density at radius 1 is 1.47 bits per heavy atom. The Bertz CT molecular complexity index is 310. The first-order valence-electron chi connectivity index (χ1n) is 5.55. The molecule has 0 saturated carbocycles. The number of nitrogens with two attached hydrogens (primary N) is 1. The van der Waals surface area contributed by atoms with Gasteiger partial charge in [0.15, 0.2) is 0 Å². The van der Waals surface area contributed by atoms with Gasteiger partial charge in [0.25, 0.3) is 0 Å². The molecule has 0 aliphatic carbocycles. The highest BCUT2D eigenvalue weighted by atomic mass is 15.2. The number of nitrogens with zero attached hydrogens (tertiary/aromatic N) is 2. The number of aryl methyl sites for hydroxylation is 1. The van der Waals surface area contributed by atoms with Crippen LogP contribution in [-0.4, -0.2) is 25.1 Å². The standard InChI is InChI=1S/C12H21N3/c1-4-7-15(3)12-10(2)8-11(5-6-13)9-14-12/h8-9H,4-7,13H2,1-3H3. The molecule has 0 saturated heterocycles. The molecule has 0 aliphatic rings. The van der Waals surface area contributed by atoms with Crippen LogP contribution in [0.1, 0.15) is 24.5 Å². The quantitative estimate of drug-likeness (QED) is 0.799. The van der Waals surface area contributed by atoms with Gasteiger partial charge in [0.1, 0.15) is 5.82 Å². The third-order valence-corrected chi connectivity index (χ3v) is 2.46. The van der Waals surface area contributed by atoms with Crippen LogP contribution in [0.2, 0.25) is 0 Å². The molecular formula is C12H21N3. The second-order valence-electron chi connectivity index (χ2n) is 3.94. The summed E-state index contributed by atoms with van der Waals surface area (Å²) >= 11 is 0. The van der Waals surface area contributed by atoms with Crippen molar-refractivity contribution in [3.05, 3.63) is 23.4 Å². The maximum absolute atomic E-state index is 5.52. The number of pyridine rings is 1. The van der Waals surface area contributed by atoms with Gasteiger partial charge >= 0.3 is 0 Å². The molecule has 3 nitrogen and oxygen atoms in total. The Labute approximate surface area is 92.3 Å². The monoisotopic (exact) mass is 207 g/mol. The van der Waals surface area contributed by atoms with Gasteiger partial charge in [-0.2, -0.15) is 0 Å². The zero-order valence-electron chi connectivity index (χ0n) is 9.95. The van der Waals surface area contributed by atoms with Crippen molar-refractivity contribution in [3.63, 3.8) is 0 Å². The van der Waals surface area contributed by atoms with Crippen molar-refractivity contribution in [1.82, 2.24) is 4.98 Å². The number of rotatable bonds is 5. The summed E-state index contributed by atoms with van der Waals surface area (Å²) in [5.41, 5.74) is 7.98. The SMILES string of the molecule is CCCN(C)c1ncc(CCN)cc1C. The van der Waals surface area contributed by atoms with Crippen molar-refractivity contribution in [2.75, 3.05) is 25.0 Å². The van der Waals surface area contributed by atoms with Crippen LogP contribution in [0.3, 0.4) is 0 Å². The molecule has 0 bridgehead atoms. The Morgan fingerprint density at radius 3 is 2.73 bits per heavy atom. The van der Waals surface area contributed by atoms with Crippen molar-refractivity contribution < 1.29 is 0 Å². The van der Waals surface area contributed by atoms with Crippen LogP contribution in [0.4, 0.5) is 5.82 Å². The first-order chi connectivity index (χ1) is 7.19. The van der Waals surface area contributed by atoms with Gasteiger partial charge in [-0.25, -0.2) is 4.98 Å². The molecule has 0 aliphatic heterocycles. The predicted molar refractivity (Wildman–Crippen MR) is 65.3 cm³/mol. The maximum atomic E-state index is 5.52. The molecule has 0 aromatic carbocycles. The van der Waals surface area contributed by atoms with E-state index in [1.807, 2.05) is 6.20 Å². The highest BCUT2D eigenvalue weighted by Crippen LogP contribution is 2.16. The normalized spacial score (nSPS) is 10.4. The average Bonchev–Trinajstić information content (AvgIpc) is 2.18.